The average molecular weight is 317 g/mol. The minimum atomic E-state index is -0.481. The van der Waals surface area contributed by atoms with Crippen molar-refractivity contribution < 1.29 is 18.4 Å². The molecule has 2 N–H and O–H groups in total. The summed E-state index contributed by atoms with van der Waals surface area (Å²) < 4.78 is 19.1. The highest BCUT2D eigenvalue weighted by Gasteiger charge is 2.30. The Bertz CT molecular complexity index is 736. The van der Waals surface area contributed by atoms with Gasteiger partial charge in [-0.1, -0.05) is 12.1 Å². The van der Waals surface area contributed by atoms with E-state index in [1.165, 1.54) is 12.1 Å². The molecule has 0 unspecified atom stereocenters. The molecule has 23 heavy (non-hydrogen) atoms. The van der Waals surface area contributed by atoms with E-state index in [0.717, 1.165) is 6.39 Å². The Hall–Kier alpha value is -2.70. The van der Waals surface area contributed by atoms with Gasteiger partial charge >= 0.3 is 0 Å². The van der Waals surface area contributed by atoms with Gasteiger partial charge in [0.1, 0.15) is 5.82 Å². The van der Waals surface area contributed by atoms with E-state index < -0.39 is 5.82 Å². The number of hydrogen-bond acceptors (Lipinski definition) is 4. The first-order valence-corrected chi connectivity index (χ1v) is 7.35. The van der Waals surface area contributed by atoms with Crippen LogP contribution >= 0.6 is 0 Å². The van der Waals surface area contributed by atoms with Crippen molar-refractivity contribution in [1.82, 2.24) is 9.88 Å². The quantitative estimate of drug-likeness (QED) is 0.935. The molecule has 0 bridgehead atoms. The number of carbonyl (C=O) groups is 2. The van der Waals surface area contributed by atoms with Gasteiger partial charge in [0.25, 0.3) is 5.91 Å². The number of nitrogens with two attached hydrogens (primary N) is 1. The van der Waals surface area contributed by atoms with Crippen LogP contribution in [0.2, 0.25) is 0 Å². The lowest BCUT2D eigenvalue weighted by Crippen LogP contribution is -2.42. The Balaban J connectivity index is 1.81. The number of amides is 2. The van der Waals surface area contributed by atoms with Gasteiger partial charge in [0, 0.05) is 19.0 Å². The molecule has 2 aromatic rings. The molecule has 0 aliphatic carbocycles. The van der Waals surface area contributed by atoms with Crippen molar-refractivity contribution in [3.63, 3.8) is 0 Å². The van der Waals surface area contributed by atoms with Gasteiger partial charge < -0.3 is 15.1 Å². The zero-order chi connectivity index (χ0) is 16.4. The summed E-state index contributed by atoms with van der Waals surface area (Å²) in [6.07, 6.45) is 2.17. The number of benzene rings is 1. The number of rotatable bonds is 3. The minimum absolute atomic E-state index is 0.0765. The number of hydrogen-bond donors (Lipinski definition) is 1. The summed E-state index contributed by atoms with van der Waals surface area (Å²) in [5, 5.41) is 0. The topological polar surface area (TPSA) is 89.4 Å². The van der Waals surface area contributed by atoms with Crippen molar-refractivity contribution in [3.8, 4) is 11.3 Å². The molecule has 6 nitrogen and oxygen atoms in total. The predicted molar refractivity (Wildman–Crippen MR) is 79.7 cm³/mol. The highest BCUT2D eigenvalue weighted by atomic mass is 19.1. The first-order valence-electron chi connectivity index (χ1n) is 7.35. The molecule has 0 spiro atoms. The van der Waals surface area contributed by atoms with Crippen molar-refractivity contribution in [3.05, 3.63) is 42.2 Å². The number of nitrogens with zero attached hydrogens (tertiary/aromatic N) is 2. The second-order valence-electron chi connectivity index (χ2n) is 5.48. The number of aromatic nitrogens is 1. The zero-order valence-corrected chi connectivity index (χ0v) is 12.4. The van der Waals surface area contributed by atoms with Crippen LogP contribution in [-0.4, -0.2) is 34.8 Å². The van der Waals surface area contributed by atoms with E-state index in [9.17, 15) is 14.0 Å². The maximum absolute atomic E-state index is 13.9. The molecule has 2 heterocycles. The molecule has 1 aromatic heterocycles. The third-order valence-electron chi connectivity index (χ3n) is 4.07. The lowest BCUT2D eigenvalue weighted by atomic mass is 9.96. The Labute approximate surface area is 132 Å². The molecule has 0 saturated carbocycles. The minimum Gasteiger partial charge on any atom is -0.443 e. The molecular formula is C16H16FN3O3. The first kappa shape index (κ1) is 15.2. The highest BCUT2D eigenvalue weighted by Crippen LogP contribution is 2.27. The third kappa shape index (κ3) is 2.94. The van der Waals surface area contributed by atoms with Gasteiger partial charge in [0.2, 0.25) is 5.91 Å². The van der Waals surface area contributed by atoms with Crippen molar-refractivity contribution >= 4 is 11.8 Å². The number of likely N-dealkylation sites (tertiary alicyclic amines) is 1. The molecule has 1 aliphatic rings. The average Bonchev–Trinajstić information content (AvgIpc) is 3.04. The lowest BCUT2D eigenvalue weighted by molar-refractivity contribution is -0.123. The fraction of sp³-hybridized carbons (Fsp3) is 0.312. The summed E-state index contributed by atoms with van der Waals surface area (Å²) in [5.41, 5.74) is 5.56. The summed E-state index contributed by atoms with van der Waals surface area (Å²) in [4.78, 5) is 29.3. The Kier molecular flexibility index (Phi) is 4.10. The fourth-order valence-electron chi connectivity index (χ4n) is 2.75. The Morgan fingerprint density at radius 1 is 1.26 bits per heavy atom. The van der Waals surface area contributed by atoms with Crippen LogP contribution < -0.4 is 5.73 Å². The van der Waals surface area contributed by atoms with Gasteiger partial charge in [-0.25, -0.2) is 9.37 Å². The smallest absolute Gasteiger partial charge is 0.276 e. The molecule has 1 aromatic carbocycles. The molecule has 0 atom stereocenters. The van der Waals surface area contributed by atoms with Crippen LogP contribution in [-0.2, 0) is 4.79 Å². The zero-order valence-electron chi connectivity index (χ0n) is 12.4. The van der Waals surface area contributed by atoms with Crippen LogP contribution in [0.1, 0.15) is 23.3 Å². The van der Waals surface area contributed by atoms with Gasteiger partial charge in [-0.2, -0.15) is 0 Å². The van der Waals surface area contributed by atoms with Crippen molar-refractivity contribution in [2.75, 3.05) is 13.1 Å². The molecule has 1 aliphatic heterocycles. The van der Waals surface area contributed by atoms with E-state index in [4.69, 9.17) is 10.2 Å². The largest absolute Gasteiger partial charge is 0.443 e. The van der Waals surface area contributed by atoms with E-state index in [2.05, 4.69) is 4.98 Å². The first-order chi connectivity index (χ1) is 11.1. The number of piperidine rings is 1. The molecule has 1 fully saturated rings. The van der Waals surface area contributed by atoms with E-state index in [-0.39, 0.29) is 34.7 Å². The molecule has 7 heteroatoms. The highest BCUT2D eigenvalue weighted by molar-refractivity contribution is 5.97. The number of primary amides is 1. The molecular weight excluding hydrogens is 301 g/mol. The Morgan fingerprint density at radius 3 is 2.61 bits per heavy atom. The van der Waals surface area contributed by atoms with E-state index in [1.54, 1.807) is 17.0 Å². The lowest BCUT2D eigenvalue weighted by Gasteiger charge is -2.30. The normalized spacial score (nSPS) is 15.6. The Morgan fingerprint density at radius 2 is 1.96 bits per heavy atom. The molecule has 3 rings (SSSR count). The number of halogens is 1. The summed E-state index contributed by atoms with van der Waals surface area (Å²) in [7, 11) is 0. The maximum atomic E-state index is 13.9. The summed E-state index contributed by atoms with van der Waals surface area (Å²) in [6.45, 7) is 0.825. The standard InChI is InChI=1S/C16H16FN3O3/c17-12-4-2-1-3-11(12)14-13(19-9-23-14)16(22)20-7-5-10(6-8-20)15(18)21/h1-4,9-10H,5-8H2,(H2,18,21). The molecule has 0 radical (unpaired) electrons. The molecule has 1 saturated heterocycles. The van der Waals surface area contributed by atoms with E-state index in [1.807, 2.05) is 0 Å². The van der Waals surface area contributed by atoms with Crippen LogP contribution in [0.5, 0.6) is 0 Å². The van der Waals surface area contributed by atoms with Gasteiger partial charge in [-0.15, -0.1) is 0 Å². The van der Waals surface area contributed by atoms with Gasteiger partial charge in [-0.3, -0.25) is 9.59 Å². The summed E-state index contributed by atoms with van der Waals surface area (Å²) >= 11 is 0. The maximum Gasteiger partial charge on any atom is 0.276 e. The second-order valence-corrected chi connectivity index (χ2v) is 5.48. The van der Waals surface area contributed by atoms with Crippen LogP contribution in [0.4, 0.5) is 4.39 Å². The number of carbonyl (C=O) groups excluding carboxylic acids is 2. The van der Waals surface area contributed by atoms with Crippen LogP contribution in [0.3, 0.4) is 0 Å². The number of oxazole rings is 1. The predicted octanol–water partition coefficient (Wildman–Crippen LogP) is 1.82. The summed E-state index contributed by atoms with van der Waals surface area (Å²) in [5.74, 6) is -1.25. The van der Waals surface area contributed by atoms with Gasteiger partial charge in [0.15, 0.2) is 17.8 Å². The van der Waals surface area contributed by atoms with Gasteiger partial charge in [-0.05, 0) is 25.0 Å². The van der Waals surface area contributed by atoms with Crippen LogP contribution in [0, 0.1) is 11.7 Å². The monoisotopic (exact) mass is 317 g/mol. The van der Waals surface area contributed by atoms with E-state index in [0.29, 0.717) is 25.9 Å². The molecule has 2 amide bonds. The van der Waals surface area contributed by atoms with Crippen molar-refractivity contribution in [1.29, 1.82) is 0 Å². The van der Waals surface area contributed by atoms with Crippen molar-refractivity contribution in [2.45, 2.75) is 12.8 Å². The third-order valence-corrected chi connectivity index (χ3v) is 4.07. The second kappa shape index (κ2) is 6.20. The van der Waals surface area contributed by atoms with E-state index >= 15 is 0 Å². The fourth-order valence-corrected chi connectivity index (χ4v) is 2.75. The van der Waals surface area contributed by atoms with Crippen molar-refractivity contribution in [2.24, 2.45) is 11.7 Å². The SMILES string of the molecule is NC(=O)C1CCN(C(=O)c2ncoc2-c2ccccc2F)CC1. The van der Waals surface area contributed by atoms with Gasteiger partial charge in [0.05, 0.1) is 5.56 Å². The van der Waals surface area contributed by atoms with Crippen LogP contribution in [0.25, 0.3) is 11.3 Å². The van der Waals surface area contributed by atoms with Crippen LogP contribution in [0.15, 0.2) is 35.1 Å². The summed E-state index contributed by atoms with van der Waals surface area (Å²) in [6, 6.07) is 6.05. The molecule has 120 valence electrons.